The number of nitrogens with one attached hydrogen (secondary N) is 1. The SMILES string of the molecule is C=CCOCC(O)CN[C@@H](CSSCC(N)C(=O)O)C(=O)O. The van der Waals surface area contributed by atoms with Crippen molar-refractivity contribution in [3.63, 3.8) is 0 Å². The third-order valence-corrected chi connectivity index (χ3v) is 4.77. The third kappa shape index (κ3) is 10.9. The fourth-order valence-corrected chi connectivity index (χ4v) is 3.45. The number of aliphatic hydroxyl groups excluding tert-OH is 1. The molecular formula is C12H22N2O6S2. The van der Waals surface area contributed by atoms with Gasteiger partial charge in [-0.1, -0.05) is 27.7 Å². The predicted octanol–water partition coefficient (Wildman–Crippen LogP) is -0.614. The summed E-state index contributed by atoms with van der Waals surface area (Å²) in [7, 11) is 2.41. The average Bonchev–Trinajstić information content (AvgIpc) is 2.45. The fraction of sp³-hybridized carbons (Fsp3) is 0.667. The first-order chi connectivity index (χ1) is 10.4. The van der Waals surface area contributed by atoms with Crippen LogP contribution in [0.3, 0.4) is 0 Å². The lowest BCUT2D eigenvalue weighted by molar-refractivity contribution is -0.139. The molecule has 0 heterocycles. The van der Waals surface area contributed by atoms with Gasteiger partial charge in [-0.15, -0.1) is 6.58 Å². The highest BCUT2D eigenvalue weighted by molar-refractivity contribution is 8.76. The van der Waals surface area contributed by atoms with E-state index < -0.39 is 30.1 Å². The van der Waals surface area contributed by atoms with Crippen LogP contribution in [0, 0.1) is 0 Å². The maximum atomic E-state index is 11.1. The molecule has 2 unspecified atom stereocenters. The molecule has 22 heavy (non-hydrogen) atoms. The molecule has 0 saturated heterocycles. The fourth-order valence-electron chi connectivity index (χ4n) is 1.15. The molecule has 128 valence electrons. The molecule has 0 aromatic carbocycles. The van der Waals surface area contributed by atoms with Gasteiger partial charge < -0.3 is 31.1 Å². The van der Waals surface area contributed by atoms with Crippen molar-refractivity contribution in [2.24, 2.45) is 5.73 Å². The number of carboxylic acid groups (broad SMARTS) is 2. The van der Waals surface area contributed by atoms with Gasteiger partial charge in [0.15, 0.2) is 0 Å². The summed E-state index contributed by atoms with van der Waals surface area (Å²) in [4.78, 5) is 21.6. The van der Waals surface area contributed by atoms with Crippen molar-refractivity contribution in [1.29, 1.82) is 0 Å². The molecule has 10 heteroatoms. The van der Waals surface area contributed by atoms with Gasteiger partial charge >= 0.3 is 11.9 Å². The summed E-state index contributed by atoms with van der Waals surface area (Å²) in [5.41, 5.74) is 5.33. The second-order valence-electron chi connectivity index (χ2n) is 4.29. The number of hydrogen-bond acceptors (Lipinski definition) is 8. The highest BCUT2D eigenvalue weighted by Crippen LogP contribution is 2.22. The maximum absolute atomic E-state index is 11.1. The van der Waals surface area contributed by atoms with Gasteiger partial charge in [-0.05, 0) is 0 Å². The van der Waals surface area contributed by atoms with Gasteiger partial charge in [0.05, 0.1) is 19.3 Å². The molecule has 0 spiro atoms. The Balaban J connectivity index is 3.93. The van der Waals surface area contributed by atoms with Gasteiger partial charge in [0.25, 0.3) is 0 Å². The minimum Gasteiger partial charge on any atom is -0.480 e. The monoisotopic (exact) mass is 354 g/mol. The lowest BCUT2D eigenvalue weighted by Crippen LogP contribution is -2.43. The summed E-state index contributed by atoms with van der Waals surface area (Å²) < 4.78 is 5.05. The molecule has 0 aliphatic rings. The number of aliphatic hydroxyl groups is 1. The highest BCUT2D eigenvalue weighted by Gasteiger charge is 2.19. The van der Waals surface area contributed by atoms with Crippen LogP contribution >= 0.6 is 21.6 Å². The minimum absolute atomic E-state index is 0.0774. The molecule has 0 amide bonds. The molecule has 6 N–H and O–H groups in total. The van der Waals surface area contributed by atoms with Crippen LogP contribution in [-0.2, 0) is 14.3 Å². The predicted molar refractivity (Wildman–Crippen MR) is 87.0 cm³/mol. The van der Waals surface area contributed by atoms with Crippen LogP contribution in [0.15, 0.2) is 12.7 Å². The van der Waals surface area contributed by atoms with Crippen LogP contribution in [0.5, 0.6) is 0 Å². The topological polar surface area (TPSA) is 142 Å². The van der Waals surface area contributed by atoms with E-state index in [-0.39, 0.29) is 24.7 Å². The average molecular weight is 354 g/mol. The molecule has 0 bridgehead atoms. The number of carbonyl (C=O) groups is 2. The number of rotatable bonds is 14. The van der Waals surface area contributed by atoms with E-state index in [1.165, 1.54) is 21.6 Å². The number of hydrogen-bond donors (Lipinski definition) is 5. The van der Waals surface area contributed by atoms with Crippen molar-refractivity contribution >= 4 is 33.5 Å². The van der Waals surface area contributed by atoms with Crippen molar-refractivity contribution in [3.05, 3.63) is 12.7 Å². The summed E-state index contributed by atoms with van der Waals surface area (Å²) in [5, 5.41) is 30.0. The second-order valence-corrected chi connectivity index (χ2v) is 6.85. The molecule has 0 fully saturated rings. The molecular weight excluding hydrogens is 332 g/mol. The summed E-state index contributed by atoms with van der Waals surface area (Å²) >= 11 is 0. The van der Waals surface area contributed by atoms with Crippen LogP contribution in [0.4, 0.5) is 0 Å². The quantitative estimate of drug-likeness (QED) is 0.156. The molecule has 0 aliphatic heterocycles. The first-order valence-electron chi connectivity index (χ1n) is 6.44. The highest BCUT2D eigenvalue weighted by atomic mass is 33.1. The van der Waals surface area contributed by atoms with Gasteiger partial charge in [0.1, 0.15) is 12.1 Å². The third-order valence-electron chi connectivity index (χ3n) is 2.33. The van der Waals surface area contributed by atoms with E-state index >= 15 is 0 Å². The Bertz CT molecular complexity index is 359. The zero-order valence-electron chi connectivity index (χ0n) is 12.0. The van der Waals surface area contributed by atoms with Crippen LogP contribution in [0.2, 0.25) is 0 Å². The first-order valence-corrected chi connectivity index (χ1v) is 8.93. The molecule has 0 rings (SSSR count). The van der Waals surface area contributed by atoms with Gasteiger partial charge in [-0.2, -0.15) is 0 Å². The Hall–Kier alpha value is -0.780. The lowest BCUT2D eigenvalue weighted by atomic mass is 10.3. The molecule has 0 aromatic rings. The first kappa shape index (κ1) is 21.2. The van der Waals surface area contributed by atoms with Crippen LogP contribution < -0.4 is 11.1 Å². The lowest BCUT2D eigenvalue weighted by Gasteiger charge is -2.17. The van der Waals surface area contributed by atoms with Crippen molar-refractivity contribution < 1.29 is 29.6 Å². The van der Waals surface area contributed by atoms with Crippen LogP contribution in [-0.4, -0.2) is 76.7 Å². The van der Waals surface area contributed by atoms with Crippen molar-refractivity contribution in [3.8, 4) is 0 Å². The summed E-state index contributed by atoms with van der Waals surface area (Å²) in [5.74, 6) is -1.74. The molecule has 0 aliphatic carbocycles. The second kappa shape index (κ2) is 12.7. The zero-order chi connectivity index (χ0) is 17.0. The number of carboxylic acids is 2. The van der Waals surface area contributed by atoms with E-state index in [2.05, 4.69) is 11.9 Å². The summed E-state index contributed by atoms with van der Waals surface area (Å²) in [6.45, 7) is 3.95. The molecule has 8 nitrogen and oxygen atoms in total. The number of aliphatic carboxylic acids is 2. The number of nitrogens with two attached hydrogens (primary N) is 1. The standard InChI is InChI=1S/C12H22N2O6S2/c1-2-3-20-5-8(15)4-14-10(12(18)19)7-22-21-6-9(13)11(16)17/h2,8-10,14-15H,1,3-7,13H2,(H,16,17)(H,18,19)/t8?,9?,10-/m0/s1. The van der Waals surface area contributed by atoms with Crippen molar-refractivity contribution in [1.82, 2.24) is 5.32 Å². The molecule has 0 radical (unpaired) electrons. The Morgan fingerprint density at radius 3 is 2.45 bits per heavy atom. The number of ether oxygens (including phenoxy) is 1. The van der Waals surface area contributed by atoms with Gasteiger partial charge in [-0.25, -0.2) is 0 Å². The van der Waals surface area contributed by atoms with E-state index in [1.54, 1.807) is 6.08 Å². The Morgan fingerprint density at radius 2 is 1.91 bits per heavy atom. The normalized spacial score (nSPS) is 15.0. The Morgan fingerprint density at radius 1 is 1.27 bits per heavy atom. The van der Waals surface area contributed by atoms with E-state index in [4.69, 9.17) is 20.7 Å². The summed E-state index contributed by atoms with van der Waals surface area (Å²) in [6.07, 6.45) is 0.732. The van der Waals surface area contributed by atoms with Gasteiger partial charge in [0.2, 0.25) is 0 Å². The van der Waals surface area contributed by atoms with E-state index in [9.17, 15) is 14.7 Å². The van der Waals surface area contributed by atoms with E-state index in [1.807, 2.05) is 0 Å². The Kier molecular flexibility index (Phi) is 12.3. The minimum atomic E-state index is -1.09. The van der Waals surface area contributed by atoms with Crippen LogP contribution in [0.1, 0.15) is 0 Å². The summed E-state index contributed by atoms with van der Waals surface area (Å²) in [6, 6.07) is -1.83. The zero-order valence-corrected chi connectivity index (χ0v) is 13.6. The van der Waals surface area contributed by atoms with Crippen molar-refractivity contribution in [2.45, 2.75) is 18.2 Å². The molecule has 3 atom stereocenters. The Labute approximate surface area is 136 Å². The van der Waals surface area contributed by atoms with Crippen molar-refractivity contribution in [2.75, 3.05) is 31.3 Å². The van der Waals surface area contributed by atoms with E-state index in [0.29, 0.717) is 6.61 Å². The van der Waals surface area contributed by atoms with Crippen LogP contribution in [0.25, 0.3) is 0 Å². The van der Waals surface area contributed by atoms with Gasteiger partial charge in [-0.3, -0.25) is 9.59 Å². The molecule has 0 saturated carbocycles. The van der Waals surface area contributed by atoms with E-state index in [0.717, 1.165) is 0 Å². The molecule has 0 aromatic heterocycles. The largest absolute Gasteiger partial charge is 0.480 e. The maximum Gasteiger partial charge on any atom is 0.321 e. The smallest absolute Gasteiger partial charge is 0.321 e. The van der Waals surface area contributed by atoms with Gasteiger partial charge in [0, 0.05) is 18.1 Å².